The number of nitrogens with zero attached hydrogens (tertiary/aromatic N) is 2. The van der Waals surface area contributed by atoms with Gasteiger partial charge in [0.25, 0.3) is 0 Å². The molecule has 2 heterocycles. The van der Waals surface area contributed by atoms with Crippen molar-refractivity contribution in [2.75, 3.05) is 13.7 Å². The van der Waals surface area contributed by atoms with Gasteiger partial charge in [0.1, 0.15) is 6.61 Å². The summed E-state index contributed by atoms with van der Waals surface area (Å²) in [6.07, 6.45) is 1.15. The van der Waals surface area contributed by atoms with Crippen molar-refractivity contribution in [1.82, 2.24) is 10.0 Å². The first-order valence-corrected chi connectivity index (χ1v) is 10.0. The zero-order chi connectivity index (χ0) is 20.4. The van der Waals surface area contributed by atoms with Gasteiger partial charge in [-0.15, -0.1) is 0 Å². The molecular weight excluding hydrogens is 368 g/mol. The Kier molecular flexibility index (Phi) is 5.53. The Morgan fingerprint density at radius 1 is 1.10 bits per heavy atom. The number of fused-ring (bicyclic) bond motifs is 1. The summed E-state index contributed by atoms with van der Waals surface area (Å²) in [6.45, 7) is 2.16. The number of hydrogen-bond donors (Lipinski definition) is 0. The fourth-order valence-electron chi connectivity index (χ4n) is 4.63. The molecule has 0 radical (unpaired) electrons. The van der Waals surface area contributed by atoms with Gasteiger partial charge in [-0.05, 0) is 30.9 Å². The molecule has 2 aromatic carbocycles. The van der Waals surface area contributed by atoms with Gasteiger partial charge in [-0.1, -0.05) is 60.7 Å². The lowest BCUT2D eigenvalue weighted by Gasteiger charge is -2.42. The molecule has 0 aromatic heterocycles. The zero-order valence-corrected chi connectivity index (χ0v) is 16.7. The molecule has 2 saturated heterocycles. The normalized spacial score (nSPS) is 26.7. The number of amides is 1. The molecule has 2 aliphatic heterocycles. The van der Waals surface area contributed by atoms with Gasteiger partial charge in [0.05, 0.1) is 25.1 Å². The van der Waals surface area contributed by atoms with Crippen LogP contribution >= 0.6 is 0 Å². The van der Waals surface area contributed by atoms with Gasteiger partial charge in [-0.25, -0.2) is 14.8 Å². The summed E-state index contributed by atoms with van der Waals surface area (Å²) in [7, 11) is 1.41. The molecular formula is C23H26N2O4. The number of carbonyl (C=O) groups is 2. The van der Waals surface area contributed by atoms with Crippen LogP contribution in [0.1, 0.15) is 30.5 Å². The number of rotatable bonds is 5. The lowest BCUT2D eigenvalue weighted by atomic mass is 9.89. The number of hydrogen-bond acceptors (Lipinski definition) is 5. The summed E-state index contributed by atoms with van der Waals surface area (Å²) in [4.78, 5) is 25.4. The summed E-state index contributed by atoms with van der Waals surface area (Å²) in [5.41, 5.74) is 2.27. The Morgan fingerprint density at radius 2 is 1.76 bits per heavy atom. The predicted molar refractivity (Wildman–Crippen MR) is 108 cm³/mol. The van der Waals surface area contributed by atoms with Gasteiger partial charge >= 0.3 is 12.1 Å². The third-order valence-corrected chi connectivity index (χ3v) is 6.01. The third-order valence-electron chi connectivity index (χ3n) is 6.01. The average Bonchev–Trinajstić information content (AvgIpc) is 3.06. The second-order valence-corrected chi connectivity index (χ2v) is 7.61. The van der Waals surface area contributed by atoms with E-state index in [0.29, 0.717) is 0 Å². The standard InChI is InChI=1S/C23H26N2O4/c1-16-21(22(26)28-2)19(14-13-17-9-5-3-6-10-17)25-20(15-29-23(27)24(16)25)18-11-7-4-8-12-18/h3-12,16,19-21H,13-15H2,1-2H3/t16-,19+,20+,21-/m1/s1. The average molecular weight is 394 g/mol. The smallest absolute Gasteiger partial charge is 0.424 e. The van der Waals surface area contributed by atoms with E-state index in [1.165, 1.54) is 12.7 Å². The molecule has 0 N–H and O–H groups in total. The third kappa shape index (κ3) is 3.60. The van der Waals surface area contributed by atoms with Crippen molar-refractivity contribution in [2.45, 2.75) is 37.9 Å². The number of carbonyl (C=O) groups excluding carboxylic acids is 2. The van der Waals surface area contributed by atoms with E-state index in [4.69, 9.17) is 9.47 Å². The zero-order valence-electron chi connectivity index (χ0n) is 16.7. The van der Waals surface area contributed by atoms with E-state index in [9.17, 15) is 9.59 Å². The molecule has 1 amide bonds. The largest absolute Gasteiger partial charge is 0.469 e. The molecule has 0 aliphatic carbocycles. The van der Waals surface area contributed by atoms with Crippen molar-refractivity contribution in [3.05, 3.63) is 71.8 Å². The van der Waals surface area contributed by atoms with Crippen molar-refractivity contribution >= 4 is 12.1 Å². The van der Waals surface area contributed by atoms with E-state index in [1.807, 2.05) is 55.5 Å². The van der Waals surface area contributed by atoms with Crippen molar-refractivity contribution in [3.63, 3.8) is 0 Å². The van der Waals surface area contributed by atoms with Crippen molar-refractivity contribution in [1.29, 1.82) is 0 Å². The number of methoxy groups -OCH3 is 1. The molecule has 0 bridgehead atoms. The van der Waals surface area contributed by atoms with Gasteiger partial charge in [-0.2, -0.15) is 0 Å². The number of cyclic esters (lactones) is 1. The van der Waals surface area contributed by atoms with Crippen LogP contribution in [0.5, 0.6) is 0 Å². The highest BCUT2D eigenvalue weighted by atomic mass is 16.6. The van der Waals surface area contributed by atoms with Crippen LogP contribution in [0.3, 0.4) is 0 Å². The van der Waals surface area contributed by atoms with Crippen LogP contribution < -0.4 is 0 Å². The number of benzene rings is 2. The number of hydrazine groups is 1. The van der Waals surface area contributed by atoms with E-state index in [-0.39, 0.29) is 30.7 Å². The number of esters is 1. The first-order chi connectivity index (χ1) is 14.1. The summed E-state index contributed by atoms with van der Waals surface area (Å²) < 4.78 is 10.6. The van der Waals surface area contributed by atoms with Gasteiger partial charge in [0.15, 0.2) is 0 Å². The number of aryl methyl sites for hydroxylation is 1. The van der Waals surface area contributed by atoms with E-state index < -0.39 is 12.0 Å². The topological polar surface area (TPSA) is 59.1 Å². The molecule has 0 spiro atoms. The van der Waals surface area contributed by atoms with Crippen molar-refractivity contribution in [2.24, 2.45) is 5.92 Å². The minimum absolute atomic E-state index is 0.133. The second-order valence-electron chi connectivity index (χ2n) is 7.61. The maximum atomic E-state index is 12.7. The van der Waals surface area contributed by atoms with E-state index in [0.717, 1.165) is 18.4 Å². The summed E-state index contributed by atoms with van der Waals surface area (Å²) in [6, 6.07) is 19.6. The van der Waals surface area contributed by atoms with Gasteiger partial charge in [0.2, 0.25) is 0 Å². The molecule has 0 unspecified atom stereocenters. The first kappa shape index (κ1) is 19.5. The molecule has 4 rings (SSSR count). The highest BCUT2D eigenvalue weighted by Gasteiger charge is 2.56. The lowest BCUT2D eigenvalue weighted by molar-refractivity contribution is -0.146. The predicted octanol–water partition coefficient (Wildman–Crippen LogP) is 3.59. The lowest BCUT2D eigenvalue weighted by Crippen LogP contribution is -2.54. The maximum absolute atomic E-state index is 12.7. The Hall–Kier alpha value is -2.86. The highest BCUT2D eigenvalue weighted by Crippen LogP contribution is 2.42. The Balaban J connectivity index is 1.70. The van der Waals surface area contributed by atoms with Gasteiger partial charge in [-0.3, -0.25) is 4.79 Å². The Labute approximate surface area is 171 Å². The fraction of sp³-hybridized carbons (Fsp3) is 0.391. The summed E-state index contributed by atoms with van der Waals surface area (Å²) >= 11 is 0. The van der Waals surface area contributed by atoms with Crippen LogP contribution in [0.2, 0.25) is 0 Å². The summed E-state index contributed by atoms with van der Waals surface area (Å²) in [5, 5.41) is 3.69. The minimum Gasteiger partial charge on any atom is -0.469 e. The minimum atomic E-state index is -0.430. The second kappa shape index (κ2) is 8.25. The Bertz CT molecular complexity index is 858. The van der Waals surface area contributed by atoms with Crippen LogP contribution in [0.4, 0.5) is 4.79 Å². The molecule has 4 atom stereocenters. The van der Waals surface area contributed by atoms with Gasteiger partial charge < -0.3 is 9.47 Å². The van der Waals surface area contributed by atoms with Crippen LogP contribution in [0, 0.1) is 5.92 Å². The SMILES string of the molecule is COC(=O)[C@@H]1[C@@H](C)N2C(=O)OC[C@@H](c3ccccc3)N2[C@H]1CCc1ccccc1. The molecule has 0 saturated carbocycles. The molecule has 29 heavy (non-hydrogen) atoms. The van der Waals surface area contributed by atoms with Crippen LogP contribution in [0.25, 0.3) is 0 Å². The van der Waals surface area contributed by atoms with E-state index >= 15 is 0 Å². The molecule has 2 fully saturated rings. The highest BCUT2D eigenvalue weighted by molar-refractivity contribution is 5.77. The van der Waals surface area contributed by atoms with E-state index in [2.05, 4.69) is 17.1 Å². The van der Waals surface area contributed by atoms with Crippen LogP contribution in [-0.4, -0.2) is 47.9 Å². The van der Waals surface area contributed by atoms with Crippen molar-refractivity contribution in [3.8, 4) is 0 Å². The quantitative estimate of drug-likeness (QED) is 0.726. The van der Waals surface area contributed by atoms with E-state index in [1.54, 1.807) is 5.01 Å². The monoisotopic (exact) mass is 394 g/mol. The Morgan fingerprint density at radius 3 is 2.41 bits per heavy atom. The molecule has 6 heteroatoms. The van der Waals surface area contributed by atoms with Crippen LogP contribution in [-0.2, 0) is 20.7 Å². The van der Waals surface area contributed by atoms with Crippen molar-refractivity contribution < 1.29 is 19.1 Å². The molecule has 6 nitrogen and oxygen atoms in total. The van der Waals surface area contributed by atoms with Crippen LogP contribution in [0.15, 0.2) is 60.7 Å². The molecule has 2 aliphatic rings. The first-order valence-electron chi connectivity index (χ1n) is 10.0. The number of ether oxygens (including phenoxy) is 2. The summed E-state index contributed by atoms with van der Waals surface area (Å²) in [5.74, 6) is -0.717. The fourth-order valence-corrected chi connectivity index (χ4v) is 4.63. The maximum Gasteiger partial charge on any atom is 0.424 e. The molecule has 2 aromatic rings. The van der Waals surface area contributed by atoms with Gasteiger partial charge in [0, 0.05) is 6.04 Å². The molecule has 152 valence electrons.